The molecule has 4 nitrogen and oxygen atoms in total. The SMILES string of the molecule is CC(C)c1cccc(NC(=O)N(C)C(C)CO)c1. The van der Waals surface area contributed by atoms with Gasteiger partial charge in [-0.1, -0.05) is 26.0 Å². The van der Waals surface area contributed by atoms with Crippen molar-refractivity contribution in [2.45, 2.75) is 32.7 Å². The number of urea groups is 1. The van der Waals surface area contributed by atoms with Crippen LogP contribution in [0.3, 0.4) is 0 Å². The summed E-state index contributed by atoms with van der Waals surface area (Å²) in [6, 6.07) is 7.40. The number of hydrogen-bond donors (Lipinski definition) is 2. The quantitative estimate of drug-likeness (QED) is 0.863. The van der Waals surface area contributed by atoms with Gasteiger partial charge in [0, 0.05) is 12.7 Å². The molecule has 0 aliphatic rings. The number of anilines is 1. The first-order chi connectivity index (χ1) is 8.45. The van der Waals surface area contributed by atoms with Crippen LogP contribution in [0.15, 0.2) is 24.3 Å². The minimum atomic E-state index is -0.211. The first-order valence-corrected chi connectivity index (χ1v) is 6.20. The maximum absolute atomic E-state index is 11.9. The molecule has 0 aliphatic carbocycles. The number of carbonyl (C=O) groups is 1. The molecular formula is C14H22N2O2. The Morgan fingerprint density at radius 3 is 2.61 bits per heavy atom. The molecule has 0 saturated carbocycles. The van der Waals surface area contributed by atoms with Crippen LogP contribution in [-0.4, -0.2) is 35.7 Å². The molecular weight excluding hydrogens is 228 g/mol. The Bertz CT molecular complexity index is 405. The molecule has 0 bridgehead atoms. The third-order valence-corrected chi connectivity index (χ3v) is 3.05. The number of likely N-dealkylation sites (N-methyl/N-ethyl adjacent to an activating group) is 1. The highest BCUT2D eigenvalue weighted by Gasteiger charge is 2.14. The van der Waals surface area contributed by atoms with Gasteiger partial charge in [-0.3, -0.25) is 0 Å². The third kappa shape index (κ3) is 3.74. The van der Waals surface area contributed by atoms with E-state index in [0.717, 1.165) is 5.69 Å². The fourth-order valence-electron chi connectivity index (χ4n) is 1.51. The van der Waals surface area contributed by atoms with Crippen molar-refractivity contribution >= 4 is 11.7 Å². The summed E-state index contributed by atoms with van der Waals surface area (Å²) in [5, 5.41) is 11.8. The Hall–Kier alpha value is -1.55. The summed E-state index contributed by atoms with van der Waals surface area (Å²) < 4.78 is 0. The predicted molar refractivity (Wildman–Crippen MR) is 73.9 cm³/mol. The fraction of sp³-hybridized carbons (Fsp3) is 0.500. The van der Waals surface area contributed by atoms with Crippen LogP contribution in [0.4, 0.5) is 10.5 Å². The van der Waals surface area contributed by atoms with Crippen LogP contribution in [0.2, 0.25) is 0 Å². The van der Waals surface area contributed by atoms with Crippen LogP contribution in [0.1, 0.15) is 32.3 Å². The fourth-order valence-corrected chi connectivity index (χ4v) is 1.51. The van der Waals surface area contributed by atoms with Gasteiger partial charge in [0.2, 0.25) is 0 Å². The van der Waals surface area contributed by atoms with Crippen molar-refractivity contribution in [2.75, 3.05) is 19.0 Å². The second kappa shape index (κ2) is 6.40. The summed E-state index contributed by atoms with van der Waals surface area (Å²) in [6.45, 7) is 5.97. The number of amides is 2. The van der Waals surface area contributed by atoms with Crippen LogP contribution >= 0.6 is 0 Å². The van der Waals surface area contributed by atoms with E-state index in [0.29, 0.717) is 5.92 Å². The molecule has 1 rings (SSSR count). The average Bonchev–Trinajstić information content (AvgIpc) is 2.37. The molecule has 0 saturated heterocycles. The summed E-state index contributed by atoms with van der Waals surface area (Å²) in [5.74, 6) is 0.427. The lowest BCUT2D eigenvalue weighted by Gasteiger charge is -2.23. The van der Waals surface area contributed by atoms with Crippen LogP contribution < -0.4 is 5.32 Å². The monoisotopic (exact) mass is 250 g/mol. The maximum atomic E-state index is 11.9. The van der Waals surface area contributed by atoms with E-state index in [2.05, 4.69) is 19.2 Å². The van der Waals surface area contributed by atoms with Crippen LogP contribution in [-0.2, 0) is 0 Å². The van der Waals surface area contributed by atoms with E-state index in [-0.39, 0.29) is 18.7 Å². The van der Waals surface area contributed by atoms with Gasteiger partial charge in [0.05, 0.1) is 12.6 Å². The number of benzene rings is 1. The van der Waals surface area contributed by atoms with E-state index in [1.807, 2.05) is 24.3 Å². The lowest BCUT2D eigenvalue weighted by molar-refractivity contribution is 0.166. The molecule has 2 N–H and O–H groups in total. The molecule has 0 fully saturated rings. The van der Waals surface area contributed by atoms with Crippen LogP contribution in [0, 0.1) is 0 Å². The molecule has 0 spiro atoms. The van der Waals surface area contributed by atoms with E-state index in [9.17, 15) is 4.79 Å². The molecule has 100 valence electrons. The minimum Gasteiger partial charge on any atom is -0.394 e. The number of nitrogens with zero attached hydrogens (tertiary/aromatic N) is 1. The van der Waals surface area contributed by atoms with E-state index >= 15 is 0 Å². The van der Waals surface area contributed by atoms with E-state index < -0.39 is 0 Å². The highest BCUT2D eigenvalue weighted by atomic mass is 16.3. The first kappa shape index (κ1) is 14.5. The molecule has 1 aromatic carbocycles. The Kier molecular flexibility index (Phi) is 5.16. The predicted octanol–water partition coefficient (Wildman–Crippen LogP) is 2.65. The zero-order chi connectivity index (χ0) is 13.7. The minimum absolute atomic E-state index is 0.0457. The maximum Gasteiger partial charge on any atom is 0.321 e. The summed E-state index contributed by atoms with van der Waals surface area (Å²) in [5.41, 5.74) is 1.97. The normalized spacial score (nSPS) is 12.3. The van der Waals surface area contributed by atoms with E-state index in [1.54, 1.807) is 14.0 Å². The molecule has 0 heterocycles. The van der Waals surface area contributed by atoms with Crippen molar-refractivity contribution in [3.63, 3.8) is 0 Å². The van der Waals surface area contributed by atoms with Crippen LogP contribution in [0.5, 0.6) is 0 Å². The number of hydrogen-bond acceptors (Lipinski definition) is 2. The topological polar surface area (TPSA) is 52.6 Å². The lowest BCUT2D eigenvalue weighted by Crippen LogP contribution is -2.40. The molecule has 0 radical (unpaired) electrons. The second-order valence-corrected chi connectivity index (χ2v) is 4.85. The van der Waals surface area contributed by atoms with Crippen molar-refractivity contribution < 1.29 is 9.90 Å². The molecule has 2 amide bonds. The standard InChI is InChI=1S/C14H22N2O2/c1-10(2)12-6-5-7-13(8-12)15-14(18)16(4)11(3)9-17/h5-8,10-11,17H,9H2,1-4H3,(H,15,18). The van der Waals surface area contributed by atoms with Gasteiger partial charge in [0.1, 0.15) is 0 Å². The Labute approximate surface area is 109 Å². The second-order valence-electron chi connectivity index (χ2n) is 4.85. The van der Waals surface area contributed by atoms with Gasteiger partial charge >= 0.3 is 6.03 Å². The Morgan fingerprint density at radius 2 is 2.06 bits per heavy atom. The number of aliphatic hydroxyl groups is 1. The zero-order valence-electron chi connectivity index (χ0n) is 11.5. The van der Waals surface area contributed by atoms with Crippen LogP contribution in [0.25, 0.3) is 0 Å². The first-order valence-electron chi connectivity index (χ1n) is 6.20. The van der Waals surface area contributed by atoms with Crippen molar-refractivity contribution in [1.82, 2.24) is 4.90 Å². The summed E-state index contributed by atoms with van der Waals surface area (Å²) in [7, 11) is 1.67. The molecule has 18 heavy (non-hydrogen) atoms. The smallest absolute Gasteiger partial charge is 0.321 e. The van der Waals surface area contributed by atoms with Gasteiger partial charge in [-0.25, -0.2) is 4.79 Å². The molecule has 0 aliphatic heterocycles. The summed E-state index contributed by atoms with van der Waals surface area (Å²) in [4.78, 5) is 13.4. The van der Waals surface area contributed by atoms with Gasteiger partial charge in [0.15, 0.2) is 0 Å². The van der Waals surface area contributed by atoms with Gasteiger partial charge in [-0.15, -0.1) is 0 Å². The van der Waals surface area contributed by atoms with Crippen molar-refractivity contribution in [1.29, 1.82) is 0 Å². The Morgan fingerprint density at radius 1 is 1.39 bits per heavy atom. The van der Waals surface area contributed by atoms with Gasteiger partial charge in [0.25, 0.3) is 0 Å². The Balaban J connectivity index is 2.73. The zero-order valence-corrected chi connectivity index (χ0v) is 11.5. The summed E-state index contributed by atoms with van der Waals surface area (Å²) in [6.07, 6.45) is 0. The molecule has 1 aromatic rings. The summed E-state index contributed by atoms with van der Waals surface area (Å²) >= 11 is 0. The van der Waals surface area contributed by atoms with E-state index in [4.69, 9.17) is 5.11 Å². The largest absolute Gasteiger partial charge is 0.394 e. The molecule has 0 aromatic heterocycles. The molecule has 1 unspecified atom stereocenters. The average molecular weight is 250 g/mol. The van der Waals surface area contributed by atoms with Gasteiger partial charge < -0.3 is 15.3 Å². The highest BCUT2D eigenvalue weighted by molar-refractivity contribution is 5.89. The molecule has 1 atom stereocenters. The number of aliphatic hydroxyl groups excluding tert-OH is 1. The van der Waals surface area contributed by atoms with Gasteiger partial charge in [-0.2, -0.15) is 0 Å². The third-order valence-electron chi connectivity index (χ3n) is 3.05. The van der Waals surface area contributed by atoms with Crippen molar-refractivity contribution in [3.8, 4) is 0 Å². The van der Waals surface area contributed by atoms with Gasteiger partial charge in [-0.05, 0) is 30.5 Å². The lowest BCUT2D eigenvalue weighted by atomic mass is 10.0. The number of nitrogens with one attached hydrogen (secondary N) is 1. The molecule has 4 heteroatoms. The van der Waals surface area contributed by atoms with Crippen molar-refractivity contribution in [3.05, 3.63) is 29.8 Å². The highest BCUT2D eigenvalue weighted by Crippen LogP contribution is 2.18. The van der Waals surface area contributed by atoms with E-state index in [1.165, 1.54) is 10.5 Å². The van der Waals surface area contributed by atoms with Crippen molar-refractivity contribution in [2.24, 2.45) is 0 Å². The number of rotatable bonds is 4. The number of carbonyl (C=O) groups excluding carboxylic acids is 1.